The molecule has 4 nitrogen and oxygen atoms in total. The molecular formula is C6H5BNO3S. The van der Waals surface area contributed by atoms with Crippen molar-refractivity contribution < 1.29 is 14.7 Å². The fraction of sp³-hybridized carbons (Fsp3) is 0.167. The second-order valence-corrected chi connectivity index (χ2v) is 3.11. The number of aromatic nitrogens is 1. The molecule has 1 N–H and O–H groups in total. The van der Waals surface area contributed by atoms with Crippen molar-refractivity contribution >= 4 is 30.8 Å². The third-order valence-corrected chi connectivity index (χ3v) is 2.16. The summed E-state index contributed by atoms with van der Waals surface area (Å²) in [5.41, 5.74) is 0. The quantitative estimate of drug-likeness (QED) is 0.534. The summed E-state index contributed by atoms with van der Waals surface area (Å²) in [6.07, 6.45) is 2.37. The number of carbonyl (C=O) groups is 2. The van der Waals surface area contributed by atoms with Gasteiger partial charge in [-0.15, -0.1) is 11.3 Å². The number of thiazole rings is 1. The van der Waals surface area contributed by atoms with Crippen LogP contribution in [0.2, 0.25) is 0 Å². The SMILES string of the molecule is O=C[B]Cc1ncc(C(=O)O)s1. The van der Waals surface area contributed by atoms with Gasteiger partial charge < -0.3 is 9.90 Å². The van der Waals surface area contributed by atoms with E-state index in [0.717, 1.165) is 11.3 Å². The lowest BCUT2D eigenvalue weighted by atomic mass is 9.78. The summed E-state index contributed by atoms with van der Waals surface area (Å²) in [5, 5.41) is 9.15. The molecule has 0 saturated carbocycles. The van der Waals surface area contributed by atoms with Gasteiger partial charge in [-0.1, -0.05) is 0 Å². The van der Waals surface area contributed by atoms with Gasteiger partial charge in [0.25, 0.3) is 0 Å². The molecule has 0 bridgehead atoms. The summed E-state index contributed by atoms with van der Waals surface area (Å²) in [6, 6.07) is 0. The molecule has 0 amide bonds. The van der Waals surface area contributed by atoms with E-state index < -0.39 is 5.97 Å². The number of carboxylic acid groups (broad SMARTS) is 1. The lowest BCUT2D eigenvalue weighted by Crippen LogP contribution is -1.96. The van der Waals surface area contributed by atoms with E-state index in [0.29, 0.717) is 17.5 Å². The van der Waals surface area contributed by atoms with Crippen LogP contribution in [0.5, 0.6) is 0 Å². The molecule has 0 saturated heterocycles. The molecule has 61 valence electrons. The van der Waals surface area contributed by atoms with Crippen molar-refractivity contribution in [2.45, 2.75) is 6.32 Å². The van der Waals surface area contributed by atoms with Gasteiger partial charge in [0.1, 0.15) is 4.88 Å². The molecule has 0 aliphatic heterocycles. The number of aromatic carboxylic acids is 1. The molecule has 1 heterocycles. The van der Waals surface area contributed by atoms with Crippen molar-refractivity contribution in [1.29, 1.82) is 0 Å². The minimum absolute atomic E-state index is 0.198. The van der Waals surface area contributed by atoms with Gasteiger partial charge in [-0.25, -0.2) is 9.78 Å². The molecule has 1 aromatic heterocycles. The molecule has 1 radical (unpaired) electrons. The third kappa shape index (κ3) is 2.16. The zero-order valence-corrected chi connectivity index (χ0v) is 6.87. The Morgan fingerprint density at radius 2 is 2.58 bits per heavy atom. The Bertz CT molecular complexity index is 299. The Morgan fingerprint density at radius 3 is 3.08 bits per heavy atom. The first kappa shape index (κ1) is 8.93. The average Bonchev–Trinajstić information content (AvgIpc) is 2.48. The van der Waals surface area contributed by atoms with E-state index >= 15 is 0 Å². The van der Waals surface area contributed by atoms with E-state index in [1.54, 1.807) is 0 Å². The van der Waals surface area contributed by atoms with Crippen molar-refractivity contribution in [3.05, 3.63) is 16.1 Å². The van der Waals surface area contributed by atoms with Crippen LogP contribution in [0, 0.1) is 0 Å². The Kier molecular flexibility index (Phi) is 2.98. The molecule has 0 unspecified atom stereocenters. The molecule has 1 rings (SSSR count). The van der Waals surface area contributed by atoms with Gasteiger partial charge in [-0.05, 0) is 6.32 Å². The van der Waals surface area contributed by atoms with Crippen LogP contribution in [0.3, 0.4) is 0 Å². The summed E-state index contributed by atoms with van der Waals surface area (Å²) in [4.78, 5) is 24.3. The molecule has 0 aliphatic rings. The van der Waals surface area contributed by atoms with Crippen molar-refractivity contribution in [1.82, 2.24) is 4.98 Å². The second-order valence-electron chi connectivity index (χ2n) is 2.00. The van der Waals surface area contributed by atoms with Gasteiger partial charge in [0, 0.05) is 0 Å². The van der Waals surface area contributed by atoms with Crippen LogP contribution in [0.4, 0.5) is 0 Å². The normalized spacial score (nSPS) is 9.33. The molecule has 1 aromatic rings. The largest absolute Gasteiger partial charge is 0.477 e. The summed E-state index contributed by atoms with van der Waals surface area (Å²) < 4.78 is 0. The molecule has 0 fully saturated rings. The number of carboxylic acids is 1. The predicted molar refractivity (Wildman–Crippen MR) is 45.3 cm³/mol. The zero-order valence-electron chi connectivity index (χ0n) is 6.06. The Morgan fingerprint density at radius 1 is 1.83 bits per heavy atom. The van der Waals surface area contributed by atoms with E-state index in [4.69, 9.17) is 5.11 Å². The highest BCUT2D eigenvalue weighted by Gasteiger charge is 2.07. The lowest BCUT2D eigenvalue weighted by molar-refractivity contribution is 0.0702. The molecule has 0 aromatic carbocycles. The summed E-state index contributed by atoms with van der Waals surface area (Å²) in [6.45, 7) is 0. The van der Waals surface area contributed by atoms with Gasteiger partial charge >= 0.3 is 5.97 Å². The van der Waals surface area contributed by atoms with E-state index in [2.05, 4.69) is 4.98 Å². The number of rotatable bonds is 4. The second kappa shape index (κ2) is 4.01. The fourth-order valence-electron chi connectivity index (χ4n) is 0.652. The van der Waals surface area contributed by atoms with E-state index in [1.165, 1.54) is 13.5 Å². The van der Waals surface area contributed by atoms with Crippen molar-refractivity contribution in [2.24, 2.45) is 0 Å². The van der Waals surface area contributed by atoms with E-state index in [1.807, 2.05) is 0 Å². The van der Waals surface area contributed by atoms with Gasteiger partial charge in [0.05, 0.1) is 17.4 Å². The smallest absolute Gasteiger partial charge is 0.347 e. The van der Waals surface area contributed by atoms with Crippen LogP contribution in [-0.4, -0.2) is 29.5 Å². The number of nitrogens with zero attached hydrogens (tertiary/aromatic N) is 1. The molecular weight excluding hydrogens is 177 g/mol. The maximum Gasteiger partial charge on any atom is 0.347 e. The lowest BCUT2D eigenvalue weighted by Gasteiger charge is -1.84. The van der Waals surface area contributed by atoms with E-state index in [-0.39, 0.29) is 4.88 Å². The maximum absolute atomic E-state index is 10.4. The Labute approximate surface area is 73.5 Å². The van der Waals surface area contributed by atoms with Crippen LogP contribution in [0.15, 0.2) is 6.20 Å². The first-order valence-electron chi connectivity index (χ1n) is 3.19. The minimum atomic E-state index is -0.982. The Hall–Kier alpha value is -1.17. The third-order valence-electron chi connectivity index (χ3n) is 1.15. The van der Waals surface area contributed by atoms with Gasteiger partial charge in [-0.2, -0.15) is 0 Å². The van der Waals surface area contributed by atoms with Crippen LogP contribution < -0.4 is 0 Å². The van der Waals surface area contributed by atoms with Gasteiger partial charge in [0.15, 0.2) is 0 Å². The number of hydrogen-bond acceptors (Lipinski definition) is 4. The number of carbonyl (C=O) groups excluding carboxylic acids is 1. The highest BCUT2D eigenvalue weighted by atomic mass is 32.1. The molecule has 0 spiro atoms. The topological polar surface area (TPSA) is 67.3 Å². The summed E-state index contributed by atoms with van der Waals surface area (Å²) >= 11 is 1.08. The van der Waals surface area contributed by atoms with Gasteiger partial charge in [0.2, 0.25) is 7.28 Å². The highest BCUT2D eigenvalue weighted by molar-refractivity contribution is 7.13. The van der Waals surface area contributed by atoms with Crippen LogP contribution in [0.1, 0.15) is 14.7 Å². The molecule has 0 atom stereocenters. The van der Waals surface area contributed by atoms with Gasteiger partial charge in [-0.3, -0.25) is 0 Å². The fourth-order valence-corrected chi connectivity index (χ4v) is 1.38. The standard InChI is InChI=1S/C6H5BNO3S/c9-3-7-1-5-8-2-4(12-5)6(10)11/h2-3H,1H2,(H,10,11). The minimum Gasteiger partial charge on any atom is -0.477 e. The molecule has 12 heavy (non-hydrogen) atoms. The van der Waals surface area contributed by atoms with Crippen molar-refractivity contribution in [3.8, 4) is 0 Å². The average molecular weight is 182 g/mol. The first-order valence-corrected chi connectivity index (χ1v) is 4.00. The van der Waals surface area contributed by atoms with Crippen molar-refractivity contribution in [3.63, 3.8) is 0 Å². The van der Waals surface area contributed by atoms with Crippen LogP contribution >= 0.6 is 11.3 Å². The molecule has 6 heteroatoms. The molecule has 0 aliphatic carbocycles. The summed E-state index contributed by atoms with van der Waals surface area (Å²) in [7, 11) is 1.39. The van der Waals surface area contributed by atoms with Crippen molar-refractivity contribution in [2.75, 3.05) is 0 Å². The first-order chi connectivity index (χ1) is 5.74. The van der Waals surface area contributed by atoms with E-state index in [9.17, 15) is 9.59 Å². The Balaban J connectivity index is 2.64. The zero-order chi connectivity index (χ0) is 8.97. The maximum atomic E-state index is 10.4. The van der Waals surface area contributed by atoms with Crippen LogP contribution in [-0.2, 0) is 11.1 Å². The predicted octanol–water partition coefficient (Wildman–Crippen LogP) is 0.236. The number of hydrogen-bond donors (Lipinski definition) is 1. The monoisotopic (exact) mass is 182 g/mol. The van der Waals surface area contributed by atoms with Crippen LogP contribution in [0.25, 0.3) is 0 Å². The summed E-state index contributed by atoms with van der Waals surface area (Å²) in [5.74, 6) is -0.982. The highest BCUT2D eigenvalue weighted by Crippen LogP contribution is 2.12.